The fourth-order valence-corrected chi connectivity index (χ4v) is 3.40. The van der Waals surface area contributed by atoms with Crippen LogP contribution in [0.4, 0.5) is 10.6 Å². The van der Waals surface area contributed by atoms with Crippen LogP contribution < -0.4 is 10.6 Å². The molecule has 0 saturated heterocycles. The van der Waals surface area contributed by atoms with E-state index in [-0.39, 0.29) is 15.7 Å². The van der Waals surface area contributed by atoms with Gasteiger partial charge in [0.2, 0.25) is 0 Å². The van der Waals surface area contributed by atoms with Crippen molar-refractivity contribution in [1.29, 1.82) is 0 Å². The van der Waals surface area contributed by atoms with Gasteiger partial charge < -0.3 is 0 Å². The minimum absolute atomic E-state index is 0.0195. The Bertz CT molecular complexity index is 488. The van der Waals surface area contributed by atoms with Crippen molar-refractivity contribution < 1.29 is 9.53 Å². The third kappa shape index (κ3) is 3.56. The number of anilines is 1. The van der Waals surface area contributed by atoms with Crippen LogP contribution in [0.5, 0.6) is 0 Å². The van der Waals surface area contributed by atoms with Gasteiger partial charge in [-0.2, -0.15) is 0 Å². The van der Waals surface area contributed by atoms with Crippen LogP contribution in [0.1, 0.15) is 33.3 Å². The number of amides is 1. The molecule has 2 N–H and O–H groups in total. The summed E-state index contributed by atoms with van der Waals surface area (Å²) in [5.74, 6) is 0.929. The molecule has 0 aliphatic carbocycles. The Morgan fingerprint density at radius 3 is 2.90 bits per heavy atom. The van der Waals surface area contributed by atoms with Crippen molar-refractivity contribution in [2.45, 2.75) is 49.3 Å². The van der Waals surface area contributed by atoms with Crippen molar-refractivity contribution in [3.05, 3.63) is 23.9 Å². The van der Waals surface area contributed by atoms with Gasteiger partial charge in [0, 0.05) is 0 Å². The molecule has 1 aromatic rings. The monoisotopic (exact) mass is 383 g/mol. The number of alkyl carbamates (subject to hydrolysis) is 1. The average Bonchev–Trinajstić information content (AvgIpc) is 2.63. The maximum atomic E-state index is 11.9. The van der Waals surface area contributed by atoms with Gasteiger partial charge in [-0.1, -0.05) is 0 Å². The third-order valence-electron chi connectivity index (χ3n) is 3.23. The maximum absolute atomic E-state index is 11.9. The molecule has 2 rings (SSSR count). The summed E-state index contributed by atoms with van der Waals surface area (Å²) in [6, 6.07) is 4.00. The van der Waals surface area contributed by atoms with Gasteiger partial charge in [0.15, 0.2) is 0 Å². The molecule has 6 heteroatoms. The number of nitrogens with one attached hydrogen (secondary N) is 2. The van der Waals surface area contributed by atoms with Crippen molar-refractivity contribution >= 4 is 34.4 Å². The molecule has 2 radical (unpaired) electrons. The molecule has 1 unspecified atom stereocenters. The van der Waals surface area contributed by atoms with Crippen LogP contribution in [0.3, 0.4) is 0 Å². The summed E-state index contributed by atoms with van der Waals surface area (Å²) in [5.41, 5.74) is 0.729. The second kappa shape index (κ2) is 5.42. The van der Waals surface area contributed by atoms with E-state index in [2.05, 4.69) is 21.7 Å². The molecule has 20 heavy (non-hydrogen) atoms. The topological polar surface area (TPSA) is 63.2 Å². The van der Waals surface area contributed by atoms with Crippen LogP contribution in [-0.4, -0.2) is 48.8 Å². The molecule has 0 fully saturated rings. The molecule has 0 spiro atoms. The summed E-state index contributed by atoms with van der Waals surface area (Å²) in [7, 11) is 0. The first-order chi connectivity index (χ1) is 9.20. The van der Waals surface area contributed by atoms with E-state index < -0.39 is 5.60 Å². The van der Waals surface area contributed by atoms with Crippen molar-refractivity contribution in [1.82, 2.24) is 10.3 Å². The van der Waals surface area contributed by atoms with Crippen molar-refractivity contribution in [3.63, 3.8) is 0 Å². The van der Waals surface area contributed by atoms with Gasteiger partial charge in [-0.05, 0) is 0 Å². The Labute approximate surface area is 133 Å². The van der Waals surface area contributed by atoms with Gasteiger partial charge in [0.1, 0.15) is 0 Å². The molecule has 2 heterocycles. The number of ether oxygens (including phenoxy) is 1. The van der Waals surface area contributed by atoms with Gasteiger partial charge >= 0.3 is 133 Å². The number of aromatic nitrogens is 1. The second-order valence-electron chi connectivity index (χ2n) is 6.22. The zero-order valence-electron chi connectivity index (χ0n) is 12.4. The predicted octanol–water partition coefficient (Wildman–Crippen LogP) is 1.56. The molecule has 1 aliphatic heterocycles. The van der Waals surface area contributed by atoms with E-state index in [1.54, 1.807) is 6.20 Å². The summed E-state index contributed by atoms with van der Waals surface area (Å²) in [6.07, 6.45) is 2.30. The number of fused-ring (bicyclic) bond motifs is 1. The van der Waals surface area contributed by atoms with E-state index in [1.165, 1.54) is 5.56 Å². The van der Waals surface area contributed by atoms with E-state index in [1.807, 2.05) is 33.8 Å². The van der Waals surface area contributed by atoms with Gasteiger partial charge in [0.05, 0.1) is 0 Å². The number of rotatable bonds is 2. The van der Waals surface area contributed by atoms with Crippen molar-refractivity contribution in [2.24, 2.45) is 0 Å². The molecule has 108 valence electrons. The quantitative estimate of drug-likeness (QED) is 0.763. The van der Waals surface area contributed by atoms with E-state index in [0.717, 1.165) is 34.8 Å². The summed E-state index contributed by atoms with van der Waals surface area (Å²) in [5, 5.41) is 6.39. The number of hydrogen-bond donors (Lipinski definition) is 2. The summed E-state index contributed by atoms with van der Waals surface area (Å²) in [4.78, 5) is 16.2. The van der Waals surface area contributed by atoms with Crippen LogP contribution in [0.2, 0.25) is 0 Å². The predicted molar refractivity (Wildman–Crippen MR) is 80.3 cm³/mol. The molecule has 5 nitrogen and oxygen atoms in total. The molecule has 1 aliphatic rings. The van der Waals surface area contributed by atoms with Crippen LogP contribution in [0.15, 0.2) is 18.3 Å². The third-order valence-corrected chi connectivity index (χ3v) is 5.65. The summed E-state index contributed by atoms with van der Waals surface area (Å²) in [6.45, 7) is 7.59. The van der Waals surface area contributed by atoms with Gasteiger partial charge in [0.25, 0.3) is 0 Å². The average molecular weight is 382 g/mol. The Hall–Kier alpha value is -0.981. The summed E-state index contributed by atoms with van der Waals surface area (Å²) >= 11 is 0.972. The number of carbonyl (C=O) groups is 1. The number of pyridine rings is 1. The van der Waals surface area contributed by atoms with Crippen LogP contribution in [-0.2, 0) is 11.2 Å². The standard InChI is InChI=1S/C14H20N3O2.Sn.H/c1-9(16-13(18)19-14(2,3)4)11-8-10-6-5-7-15-12(10)17-11;;/h5-7,9H,8H2,1-4H3,(H,15,17)(H,16,18);;/t9-;;/m1../s1. The Balaban J connectivity index is 2.00. The van der Waals surface area contributed by atoms with E-state index in [4.69, 9.17) is 4.74 Å². The first kappa shape index (κ1) is 15.4. The number of carbonyl (C=O) groups excluding carboxylic acids is 1. The zero-order chi connectivity index (χ0) is 15.0. The molecular formula is C14H21N3O2Sn. The molecular weight excluding hydrogens is 361 g/mol. The Morgan fingerprint density at radius 1 is 1.60 bits per heavy atom. The van der Waals surface area contributed by atoms with Gasteiger partial charge in [-0.25, -0.2) is 0 Å². The second-order valence-corrected chi connectivity index (χ2v) is 9.16. The Morgan fingerprint density at radius 2 is 2.30 bits per heavy atom. The molecule has 0 aromatic carbocycles. The Kier molecular flexibility index (Phi) is 4.18. The first-order valence-electron chi connectivity index (χ1n) is 6.70. The van der Waals surface area contributed by atoms with E-state index in [0.29, 0.717) is 0 Å². The zero-order valence-corrected chi connectivity index (χ0v) is 15.7. The van der Waals surface area contributed by atoms with Gasteiger partial charge in [-0.3, -0.25) is 0 Å². The van der Waals surface area contributed by atoms with E-state index >= 15 is 0 Å². The fourth-order valence-electron chi connectivity index (χ4n) is 2.15. The van der Waals surface area contributed by atoms with Crippen molar-refractivity contribution in [3.8, 4) is 0 Å². The molecule has 1 amide bonds. The molecule has 0 bridgehead atoms. The molecule has 1 aromatic heterocycles. The first-order valence-corrected chi connectivity index (χ1v) is 8.35. The minimum atomic E-state index is -0.477. The SMILES string of the molecule is C[C@@H](NC(=O)OC(C)(C)C)[C]1([SnH])Cc2cccnc2N1. The normalized spacial score (nSPS) is 22.6. The molecule has 0 saturated carbocycles. The number of nitrogens with zero attached hydrogens (tertiary/aromatic N) is 1. The van der Waals surface area contributed by atoms with Crippen molar-refractivity contribution in [2.75, 3.05) is 5.32 Å². The summed E-state index contributed by atoms with van der Waals surface area (Å²) < 4.78 is 5.18. The molecule has 2 atom stereocenters. The van der Waals surface area contributed by atoms with E-state index in [9.17, 15) is 4.79 Å². The van der Waals surface area contributed by atoms with Crippen LogP contribution in [0.25, 0.3) is 0 Å². The van der Waals surface area contributed by atoms with Crippen LogP contribution in [0, 0.1) is 0 Å². The fraction of sp³-hybridized carbons (Fsp3) is 0.571. The van der Waals surface area contributed by atoms with Crippen LogP contribution >= 0.6 is 0 Å². The van der Waals surface area contributed by atoms with Gasteiger partial charge in [-0.15, -0.1) is 0 Å². The number of hydrogen-bond acceptors (Lipinski definition) is 4.